The van der Waals surface area contributed by atoms with Crippen molar-refractivity contribution in [2.75, 3.05) is 18.5 Å². The van der Waals surface area contributed by atoms with Crippen LogP contribution in [-0.2, 0) is 0 Å². The molecule has 0 aromatic heterocycles. The molecule has 2 aromatic rings. The number of carbonyl (C=O) groups excluding carboxylic acids is 1. The zero-order chi connectivity index (χ0) is 16.9. The molecule has 2 aromatic carbocycles. The zero-order valence-corrected chi connectivity index (χ0v) is 13.9. The van der Waals surface area contributed by atoms with Gasteiger partial charge in [-0.3, -0.25) is 0 Å². The maximum absolute atomic E-state index is 12.3. The second kappa shape index (κ2) is 7.25. The summed E-state index contributed by atoms with van der Waals surface area (Å²) in [5, 5.41) is 5.89. The normalized spacial score (nSPS) is 14.1. The molecule has 2 N–H and O–H groups in total. The Labute approximate surface area is 142 Å². The number of para-hydroxylation sites is 1. The number of urea groups is 1. The number of benzene rings is 2. The van der Waals surface area contributed by atoms with E-state index in [4.69, 9.17) is 9.47 Å². The van der Waals surface area contributed by atoms with Crippen LogP contribution in [0.3, 0.4) is 0 Å². The Hall–Kier alpha value is -2.69. The fourth-order valence-corrected chi connectivity index (χ4v) is 2.72. The highest BCUT2D eigenvalue weighted by Gasteiger charge is 2.21. The number of anilines is 1. The average Bonchev–Trinajstić information content (AvgIpc) is 2.60. The van der Waals surface area contributed by atoms with Crippen molar-refractivity contribution in [3.05, 3.63) is 54.1 Å². The Bertz CT molecular complexity index is 701. The number of rotatable bonds is 4. The van der Waals surface area contributed by atoms with Gasteiger partial charge in [0.1, 0.15) is 13.2 Å². The summed E-state index contributed by atoms with van der Waals surface area (Å²) >= 11 is 0. The number of hydrogen-bond donors (Lipinski definition) is 2. The third kappa shape index (κ3) is 3.79. The fourth-order valence-electron chi connectivity index (χ4n) is 2.72. The summed E-state index contributed by atoms with van der Waals surface area (Å²) in [6.07, 6.45) is 0. The van der Waals surface area contributed by atoms with Crippen molar-refractivity contribution >= 4 is 11.7 Å². The molecule has 0 bridgehead atoms. The molecule has 2 amide bonds. The van der Waals surface area contributed by atoms with E-state index in [1.165, 1.54) is 0 Å². The summed E-state index contributed by atoms with van der Waals surface area (Å²) in [6.45, 7) is 5.26. The van der Waals surface area contributed by atoms with Crippen LogP contribution >= 0.6 is 0 Å². The van der Waals surface area contributed by atoms with Crippen molar-refractivity contribution in [2.45, 2.75) is 19.9 Å². The molecule has 0 aliphatic carbocycles. The van der Waals surface area contributed by atoms with Crippen LogP contribution in [0.4, 0.5) is 10.5 Å². The molecule has 24 heavy (non-hydrogen) atoms. The lowest BCUT2D eigenvalue weighted by molar-refractivity contribution is 0.171. The minimum atomic E-state index is -0.227. The van der Waals surface area contributed by atoms with Crippen LogP contribution in [0.5, 0.6) is 11.5 Å². The molecule has 3 rings (SSSR count). The van der Waals surface area contributed by atoms with Crippen molar-refractivity contribution < 1.29 is 14.3 Å². The molecule has 5 heteroatoms. The Kier molecular flexibility index (Phi) is 4.89. The van der Waals surface area contributed by atoms with E-state index in [2.05, 4.69) is 24.5 Å². The highest BCUT2D eigenvalue weighted by Crippen LogP contribution is 2.34. The Morgan fingerprint density at radius 3 is 2.42 bits per heavy atom. The number of hydrogen-bond acceptors (Lipinski definition) is 3. The first kappa shape index (κ1) is 16.2. The van der Waals surface area contributed by atoms with Gasteiger partial charge in [0.2, 0.25) is 0 Å². The average molecular weight is 326 g/mol. The molecule has 0 radical (unpaired) electrons. The lowest BCUT2D eigenvalue weighted by atomic mass is 9.95. The number of amides is 2. The molecule has 5 nitrogen and oxygen atoms in total. The summed E-state index contributed by atoms with van der Waals surface area (Å²) < 4.78 is 11.2. The van der Waals surface area contributed by atoms with Crippen LogP contribution in [0, 0.1) is 5.92 Å². The summed E-state index contributed by atoms with van der Waals surface area (Å²) in [4.78, 5) is 12.3. The summed E-state index contributed by atoms with van der Waals surface area (Å²) in [7, 11) is 0. The molecule has 126 valence electrons. The van der Waals surface area contributed by atoms with Crippen LogP contribution in [0.25, 0.3) is 0 Å². The van der Waals surface area contributed by atoms with Gasteiger partial charge in [-0.1, -0.05) is 38.1 Å². The lowest BCUT2D eigenvalue weighted by Gasteiger charge is -2.25. The highest BCUT2D eigenvalue weighted by atomic mass is 16.6. The molecule has 1 heterocycles. The van der Waals surface area contributed by atoms with Gasteiger partial charge in [0.05, 0.1) is 6.04 Å². The van der Waals surface area contributed by atoms with E-state index in [9.17, 15) is 4.79 Å². The topological polar surface area (TPSA) is 59.6 Å². The molecule has 0 spiro atoms. The van der Waals surface area contributed by atoms with Crippen molar-refractivity contribution in [3.63, 3.8) is 0 Å². The van der Waals surface area contributed by atoms with Crippen LogP contribution in [0.1, 0.15) is 25.5 Å². The molecule has 0 saturated carbocycles. The molecule has 1 aliphatic rings. The third-order valence-corrected chi connectivity index (χ3v) is 3.91. The van der Waals surface area contributed by atoms with E-state index in [1.807, 2.05) is 48.5 Å². The maximum atomic E-state index is 12.3. The minimum absolute atomic E-state index is 0.121. The van der Waals surface area contributed by atoms with Crippen molar-refractivity contribution in [3.8, 4) is 11.5 Å². The van der Waals surface area contributed by atoms with Crippen molar-refractivity contribution in [1.29, 1.82) is 0 Å². The molecule has 0 saturated heterocycles. The quantitative estimate of drug-likeness (QED) is 0.893. The van der Waals surface area contributed by atoms with E-state index in [0.717, 1.165) is 22.7 Å². The van der Waals surface area contributed by atoms with Crippen LogP contribution in [-0.4, -0.2) is 19.2 Å². The largest absolute Gasteiger partial charge is 0.486 e. The van der Waals surface area contributed by atoms with Crippen LogP contribution in [0.15, 0.2) is 48.5 Å². The van der Waals surface area contributed by atoms with Crippen molar-refractivity contribution in [2.24, 2.45) is 5.92 Å². The number of carbonyl (C=O) groups is 1. The van der Waals surface area contributed by atoms with E-state index < -0.39 is 0 Å². The van der Waals surface area contributed by atoms with E-state index in [-0.39, 0.29) is 18.0 Å². The summed E-state index contributed by atoms with van der Waals surface area (Å²) in [5.74, 6) is 1.71. The third-order valence-electron chi connectivity index (χ3n) is 3.91. The van der Waals surface area contributed by atoms with Crippen LogP contribution in [0.2, 0.25) is 0 Å². The smallest absolute Gasteiger partial charge is 0.319 e. The Balaban J connectivity index is 1.74. The van der Waals surface area contributed by atoms with Gasteiger partial charge in [0, 0.05) is 5.69 Å². The number of ether oxygens (including phenoxy) is 2. The number of fused-ring (bicyclic) bond motifs is 1. The Morgan fingerprint density at radius 1 is 1.00 bits per heavy atom. The second-order valence-corrected chi connectivity index (χ2v) is 6.09. The van der Waals surface area contributed by atoms with Crippen molar-refractivity contribution in [1.82, 2.24) is 5.32 Å². The molecule has 1 atom stereocenters. The molecule has 0 fully saturated rings. The predicted octanol–water partition coefficient (Wildman–Crippen LogP) is 3.98. The van der Waals surface area contributed by atoms with Crippen LogP contribution < -0.4 is 20.1 Å². The highest BCUT2D eigenvalue weighted by molar-refractivity contribution is 5.89. The summed E-state index contributed by atoms with van der Waals surface area (Å²) in [6, 6.07) is 14.9. The minimum Gasteiger partial charge on any atom is -0.486 e. The van der Waals surface area contributed by atoms with Gasteiger partial charge in [0.15, 0.2) is 11.5 Å². The van der Waals surface area contributed by atoms with E-state index in [0.29, 0.717) is 13.2 Å². The predicted molar refractivity (Wildman–Crippen MR) is 93.6 cm³/mol. The lowest BCUT2D eigenvalue weighted by Crippen LogP contribution is -2.35. The fraction of sp³-hybridized carbons (Fsp3) is 0.316. The van der Waals surface area contributed by atoms with Gasteiger partial charge in [-0.25, -0.2) is 4.79 Å². The summed E-state index contributed by atoms with van der Waals surface area (Å²) in [5.41, 5.74) is 1.76. The zero-order valence-electron chi connectivity index (χ0n) is 13.9. The standard InChI is InChI=1S/C19H22N2O3/c1-13(2)18(21-19(22)20-15-6-4-3-5-7-15)14-8-9-16-17(12-14)24-11-10-23-16/h3-9,12-13,18H,10-11H2,1-2H3,(H2,20,21,22). The first-order chi connectivity index (χ1) is 11.6. The molecular weight excluding hydrogens is 304 g/mol. The second-order valence-electron chi connectivity index (χ2n) is 6.09. The first-order valence-corrected chi connectivity index (χ1v) is 8.15. The Morgan fingerprint density at radius 2 is 1.71 bits per heavy atom. The molecule has 1 aliphatic heterocycles. The number of nitrogens with one attached hydrogen (secondary N) is 2. The van der Waals surface area contributed by atoms with Gasteiger partial charge in [-0.05, 0) is 35.7 Å². The van der Waals surface area contributed by atoms with E-state index in [1.54, 1.807) is 0 Å². The van der Waals surface area contributed by atoms with Gasteiger partial charge < -0.3 is 20.1 Å². The first-order valence-electron chi connectivity index (χ1n) is 8.15. The monoisotopic (exact) mass is 326 g/mol. The van der Waals surface area contributed by atoms with E-state index >= 15 is 0 Å². The van der Waals surface area contributed by atoms with Gasteiger partial charge in [0.25, 0.3) is 0 Å². The maximum Gasteiger partial charge on any atom is 0.319 e. The molecular formula is C19H22N2O3. The SMILES string of the molecule is CC(C)C(NC(=O)Nc1ccccc1)c1ccc2c(c1)OCCO2. The molecule has 1 unspecified atom stereocenters. The van der Waals surface area contributed by atoms with Gasteiger partial charge in [-0.2, -0.15) is 0 Å². The van der Waals surface area contributed by atoms with Gasteiger partial charge >= 0.3 is 6.03 Å². The van der Waals surface area contributed by atoms with Gasteiger partial charge in [-0.15, -0.1) is 0 Å².